The van der Waals surface area contributed by atoms with Crippen LogP contribution in [0.2, 0.25) is 0 Å². The van der Waals surface area contributed by atoms with Gasteiger partial charge in [-0.2, -0.15) is 18.4 Å². The van der Waals surface area contributed by atoms with Crippen LogP contribution in [0.15, 0.2) is 63.0 Å². The van der Waals surface area contributed by atoms with E-state index in [-0.39, 0.29) is 10.6 Å². The average Bonchev–Trinajstić information content (AvgIpc) is 2.55. The Kier molecular flexibility index (Phi) is 6.43. The minimum absolute atomic E-state index is 0.0486. The van der Waals surface area contributed by atoms with Crippen LogP contribution < -0.4 is 4.83 Å². The normalized spacial score (nSPS) is 12.6. The lowest BCUT2D eigenvalue weighted by molar-refractivity contribution is -0.146. The van der Waals surface area contributed by atoms with E-state index in [4.69, 9.17) is 4.74 Å². The summed E-state index contributed by atoms with van der Waals surface area (Å²) in [6.07, 6.45) is 0. The summed E-state index contributed by atoms with van der Waals surface area (Å²) in [6.45, 7) is 7.02. The molecule has 0 aromatic heterocycles. The summed E-state index contributed by atoms with van der Waals surface area (Å²) in [5, 5.41) is 3.88. The molecule has 0 amide bonds. The molecule has 0 unspecified atom stereocenters. The number of hydrogen-bond donors (Lipinski definition) is 1. The van der Waals surface area contributed by atoms with E-state index in [1.54, 1.807) is 57.2 Å². The maximum atomic E-state index is 12.6. The Hall–Kier alpha value is -2.19. The van der Waals surface area contributed by atoms with Crippen LogP contribution in [0.5, 0.6) is 0 Å². The van der Waals surface area contributed by atoms with Crippen LogP contribution >= 0.6 is 15.9 Å². The van der Waals surface area contributed by atoms with Crippen molar-refractivity contribution in [3.8, 4) is 0 Å². The van der Waals surface area contributed by atoms with Crippen LogP contribution in [0.1, 0.15) is 31.9 Å². The number of hydrazone groups is 1. The minimum Gasteiger partial charge on any atom is -0.455 e. The number of carbonyl (C=O) groups excluding carboxylic acids is 1. The Bertz CT molecular complexity index is 962. The first-order chi connectivity index (χ1) is 12.5. The van der Waals surface area contributed by atoms with E-state index in [2.05, 4.69) is 25.9 Å². The molecule has 2 rings (SSSR count). The maximum Gasteiger partial charge on any atom is 0.359 e. The molecule has 0 saturated carbocycles. The van der Waals surface area contributed by atoms with Gasteiger partial charge in [0.1, 0.15) is 5.60 Å². The summed E-state index contributed by atoms with van der Waals surface area (Å²) in [5.41, 5.74) is 0.445. The van der Waals surface area contributed by atoms with Crippen molar-refractivity contribution < 1.29 is 17.9 Å². The number of sulfonamides is 1. The number of ether oxygens (including phenoxy) is 1. The summed E-state index contributed by atoms with van der Waals surface area (Å²) in [7, 11) is -3.93. The predicted molar refractivity (Wildman–Crippen MR) is 108 cm³/mol. The van der Waals surface area contributed by atoms with Crippen molar-refractivity contribution in [2.45, 2.75) is 38.2 Å². The minimum atomic E-state index is -3.93. The zero-order chi connectivity index (χ0) is 20.2. The lowest BCUT2D eigenvalue weighted by Crippen LogP contribution is -2.31. The number of hydrogen-bond acceptors (Lipinski definition) is 5. The van der Waals surface area contributed by atoms with Crippen molar-refractivity contribution in [3.63, 3.8) is 0 Å². The summed E-state index contributed by atoms with van der Waals surface area (Å²) < 4.78 is 30.9. The molecule has 0 aliphatic rings. The van der Waals surface area contributed by atoms with Gasteiger partial charge in [0.25, 0.3) is 10.0 Å². The second-order valence-corrected chi connectivity index (χ2v) is 9.37. The molecule has 2 aromatic rings. The summed E-state index contributed by atoms with van der Waals surface area (Å²) in [4.78, 5) is 14.8. The van der Waals surface area contributed by atoms with Gasteiger partial charge < -0.3 is 4.74 Å². The van der Waals surface area contributed by atoms with E-state index in [1.807, 2.05) is 6.92 Å². The van der Waals surface area contributed by atoms with Crippen molar-refractivity contribution in [2.75, 3.05) is 0 Å². The topological polar surface area (TPSA) is 84.8 Å². The van der Waals surface area contributed by atoms with Crippen molar-refractivity contribution in [3.05, 3.63) is 64.1 Å². The predicted octanol–water partition coefficient (Wildman–Crippen LogP) is 3.78. The van der Waals surface area contributed by atoms with Gasteiger partial charge in [0, 0.05) is 10.0 Å². The van der Waals surface area contributed by atoms with Crippen LogP contribution in [0, 0.1) is 6.92 Å². The SMILES string of the molecule is Cc1ccc(S(=O)(=O)N/N=C(/C(=O)OC(C)(C)C)c2ccccc2Br)cc1. The smallest absolute Gasteiger partial charge is 0.359 e. The van der Waals surface area contributed by atoms with E-state index in [1.165, 1.54) is 12.1 Å². The summed E-state index contributed by atoms with van der Waals surface area (Å²) in [6, 6.07) is 13.2. The lowest BCUT2D eigenvalue weighted by Gasteiger charge is -2.20. The number of halogens is 1. The van der Waals surface area contributed by atoms with Crippen LogP contribution in [0.25, 0.3) is 0 Å². The highest BCUT2D eigenvalue weighted by molar-refractivity contribution is 9.10. The molecule has 0 heterocycles. The first-order valence-electron chi connectivity index (χ1n) is 8.14. The van der Waals surface area contributed by atoms with E-state index in [9.17, 15) is 13.2 Å². The molecule has 0 bridgehead atoms. The third-order valence-electron chi connectivity index (χ3n) is 3.33. The van der Waals surface area contributed by atoms with Gasteiger partial charge in [0.2, 0.25) is 0 Å². The number of esters is 1. The molecule has 27 heavy (non-hydrogen) atoms. The number of benzene rings is 2. The first kappa shape index (κ1) is 21.1. The van der Waals surface area contributed by atoms with Gasteiger partial charge in [-0.1, -0.05) is 51.8 Å². The molecule has 0 saturated heterocycles. The number of nitrogens with zero attached hydrogens (tertiary/aromatic N) is 1. The zero-order valence-electron chi connectivity index (χ0n) is 15.5. The third kappa shape index (κ3) is 5.90. The van der Waals surface area contributed by atoms with Gasteiger partial charge in [-0.05, 0) is 45.9 Å². The molecule has 0 aliphatic carbocycles. The molecule has 0 radical (unpaired) electrons. The van der Waals surface area contributed by atoms with E-state index in [0.717, 1.165) is 5.56 Å². The van der Waals surface area contributed by atoms with Crippen LogP contribution in [-0.2, 0) is 19.6 Å². The molecule has 0 aliphatic heterocycles. The third-order valence-corrected chi connectivity index (χ3v) is 5.25. The Morgan fingerprint density at radius 2 is 1.67 bits per heavy atom. The Balaban J connectivity index is 2.42. The van der Waals surface area contributed by atoms with Crippen LogP contribution in [0.4, 0.5) is 0 Å². The Morgan fingerprint density at radius 3 is 2.22 bits per heavy atom. The van der Waals surface area contributed by atoms with Crippen molar-refractivity contribution in [2.24, 2.45) is 5.10 Å². The average molecular weight is 453 g/mol. The highest BCUT2D eigenvalue weighted by atomic mass is 79.9. The molecule has 0 atom stereocenters. The molecule has 2 aromatic carbocycles. The van der Waals surface area contributed by atoms with Crippen molar-refractivity contribution in [1.29, 1.82) is 0 Å². The number of nitrogens with one attached hydrogen (secondary N) is 1. The second-order valence-electron chi connectivity index (χ2n) is 6.85. The zero-order valence-corrected chi connectivity index (χ0v) is 17.9. The molecule has 6 nitrogen and oxygen atoms in total. The van der Waals surface area contributed by atoms with Crippen molar-refractivity contribution >= 4 is 37.6 Å². The van der Waals surface area contributed by atoms with Gasteiger partial charge in [0.15, 0.2) is 5.71 Å². The highest BCUT2D eigenvalue weighted by Crippen LogP contribution is 2.19. The van der Waals surface area contributed by atoms with Gasteiger partial charge in [-0.25, -0.2) is 4.79 Å². The van der Waals surface area contributed by atoms with Gasteiger partial charge >= 0.3 is 5.97 Å². The van der Waals surface area contributed by atoms with Gasteiger partial charge in [-0.3, -0.25) is 0 Å². The molecule has 1 N–H and O–H groups in total. The van der Waals surface area contributed by atoms with E-state index in [0.29, 0.717) is 10.0 Å². The lowest BCUT2D eigenvalue weighted by atomic mass is 10.1. The standard InChI is InChI=1S/C19H21BrN2O4S/c1-13-9-11-14(12-10-13)27(24,25)22-21-17(18(23)26-19(2,3)4)15-7-5-6-8-16(15)20/h5-12,22H,1-4H3/b21-17+. The monoisotopic (exact) mass is 452 g/mol. The highest BCUT2D eigenvalue weighted by Gasteiger charge is 2.25. The van der Waals surface area contributed by atoms with E-state index >= 15 is 0 Å². The molecule has 8 heteroatoms. The number of carbonyl (C=O) groups is 1. The molecule has 144 valence electrons. The molecular weight excluding hydrogens is 432 g/mol. The fourth-order valence-corrected chi connectivity index (χ4v) is 3.36. The molecular formula is C19H21BrN2O4S. The fourth-order valence-electron chi connectivity index (χ4n) is 2.07. The van der Waals surface area contributed by atoms with E-state index < -0.39 is 21.6 Å². The summed E-state index contributed by atoms with van der Waals surface area (Å²) >= 11 is 3.35. The fraction of sp³-hybridized carbons (Fsp3) is 0.263. The Morgan fingerprint density at radius 1 is 1.07 bits per heavy atom. The number of aryl methyl sites for hydroxylation is 1. The molecule has 0 spiro atoms. The largest absolute Gasteiger partial charge is 0.455 e. The Labute approximate surface area is 167 Å². The van der Waals surface area contributed by atoms with Crippen LogP contribution in [-0.4, -0.2) is 25.7 Å². The van der Waals surface area contributed by atoms with Crippen LogP contribution in [0.3, 0.4) is 0 Å². The molecule has 0 fully saturated rings. The second kappa shape index (κ2) is 8.22. The van der Waals surface area contributed by atoms with Gasteiger partial charge in [-0.15, -0.1) is 0 Å². The number of rotatable bonds is 5. The van der Waals surface area contributed by atoms with Crippen molar-refractivity contribution in [1.82, 2.24) is 4.83 Å². The maximum absolute atomic E-state index is 12.6. The van der Waals surface area contributed by atoms with Gasteiger partial charge in [0.05, 0.1) is 4.90 Å². The summed E-state index contributed by atoms with van der Waals surface area (Å²) in [5.74, 6) is -0.735. The first-order valence-corrected chi connectivity index (χ1v) is 10.4. The quantitative estimate of drug-likeness (QED) is 0.424.